The summed E-state index contributed by atoms with van der Waals surface area (Å²) in [5.41, 5.74) is 0. The fourth-order valence-electron chi connectivity index (χ4n) is 1.41. The average Bonchev–Trinajstić information content (AvgIpc) is 2.41. The van der Waals surface area contributed by atoms with Gasteiger partial charge in [0.15, 0.2) is 0 Å². The number of allylic oxidation sites excluding steroid dienone is 1. The van der Waals surface area contributed by atoms with Gasteiger partial charge in [-0.1, -0.05) is 18.9 Å². The summed E-state index contributed by atoms with van der Waals surface area (Å²) in [6, 6.07) is 0. The van der Waals surface area contributed by atoms with E-state index < -0.39 is 0 Å². The highest BCUT2D eigenvalue weighted by atomic mass is 14.6. The van der Waals surface area contributed by atoms with Crippen LogP contribution >= 0.6 is 0 Å². The molecule has 1 saturated carbocycles. The molecule has 0 amide bonds. The van der Waals surface area contributed by atoms with Crippen LogP contribution in [0.15, 0.2) is 17.3 Å². The van der Waals surface area contributed by atoms with Crippen LogP contribution in [0.5, 0.6) is 0 Å². The maximum absolute atomic E-state index is 4.03. The highest BCUT2D eigenvalue weighted by molar-refractivity contribution is 5.54. The molecule has 56 valence electrons. The van der Waals surface area contributed by atoms with Crippen molar-refractivity contribution in [3.05, 3.63) is 12.3 Å². The van der Waals surface area contributed by atoms with Crippen LogP contribution in [0.3, 0.4) is 0 Å². The van der Waals surface area contributed by atoms with Crippen LogP contribution in [0.4, 0.5) is 0 Å². The first kappa shape index (κ1) is 7.52. The van der Waals surface area contributed by atoms with Gasteiger partial charge in [-0.3, -0.25) is 4.99 Å². The SMILES string of the molecule is C/C=N\C=C\C1CCCC1. The molecule has 0 aliphatic heterocycles. The Bertz CT molecular complexity index is 130. The van der Waals surface area contributed by atoms with Crippen molar-refractivity contribution in [1.82, 2.24) is 0 Å². The topological polar surface area (TPSA) is 12.4 Å². The molecule has 1 heteroatoms. The van der Waals surface area contributed by atoms with E-state index in [9.17, 15) is 0 Å². The number of rotatable bonds is 2. The van der Waals surface area contributed by atoms with E-state index in [1.54, 1.807) is 0 Å². The lowest BCUT2D eigenvalue weighted by Crippen LogP contribution is -1.83. The molecule has 1 rings (SSSR count). The molecule has 1 nitrogen and oxygen atoms in total. The van der Waals surface area contributed by atoms with Crippen LogP contribution in [0.25, 0.3) is 0 Å². The zero-order valence-electron chi connectivity index (χ0n) is 6.59. The largest absolute Gasteiger partial charge is 0.270 e. The minimum atomic E-state index is 0.823. The summed E-state index contributed by atoms with van der Waals surface area (Å²) in [7, 11) is 0. The summed E-state index contributed by atoms with van der Waals surface area (Å²) >= 11 is 0. The van der Waals surface area contributed by atoms with E-state index >= 15 is 0 Å². The molecule has 1 fully saturated rings. The first-order valence-corrected chi connectivity index (χ1v) is 4.08. The monoisotopic (exact) mass is 137 g/mol. The number of nitrogens with zero attached hydrogens (tertiary/aromatic N) is 1. The summed E-state index contributed by atoms with van der Waals surface area (Å²) in [5.74, 6) is 0.823. The molecule has 1 aliphatic carbocycles. The second kappa shape index (κ2) is 4.26. The molecule has 0 unspecified atom stereocenters. The maximum atomic E-state index is 4.03. The van der Waals surface area contributed by atoms with Gasteiger partial charge in [-0.2, -0.15) is 0 Å². The second-order valence-electron chi connectivity index (χ2n) is 2.79. The smallest absolute Gasteiger partial charge is 0.0226 e. The predicted molar refractivity (Wildman–Crippen MR) is 45.3 cm³/mol. The lowest BCUT2D eigenvalue weighted by atomic mass is 10.1. The van der Waals surface area contributed by atoms with Crippen LogP contribution in [0, 0.1) is 5.92 Å². The van der Waals surface area contributed by atoms with E-state index in [4.69, 9.17) is 0 Å². The minimum absolute atomic E-state index is 0.823. The van der Waals surface area contributed by atoms with Gasteiger partial charge in [0.25, 0.3) is 0 Å². The van der Waals surface area contributed by atoms with Gasteiger partial charge in [-0.25, -0.2) is 0 Å². The van der Waals surface area contributed by atoms with Crippen molar-refractivity contribution < 1.29 is 0 Å². The fraction of sp³-hybridized carbons (Fsp3) is 0.667. The van der Waals surface area contributed by atoms with Crippen molar-refractivity contribution >= 4 is 6.21 Å². The Morgan fingerprint density at radius 3 is 2.60 bits per heavy atom. The van der Waals surface area contributed by atoms with Gasteiger partial charge in [0.1, 0.15) is 0 Å². The normalized spacial score (nSPS) is 21.7. The van der Waals surface area contributed by atoms with E-state index in [-0.39, 0.29) is 0 Å². The molecule has 0 heterocycles. The van der Waals surface area contributed by atoms with Crippen molar-refractivity contribution in [1.29, 1.82) is 0 Å². The summed E-state index contributed by atoms with van der Waals surface area (Å²) in [6.45, 7) is 1.94. The Balaban J connectivity index is 2.22. The molecule has 0 aromatic rings. The standard InChI is InChI=1S/C9H15N/c1-2-10-8-7-9-5-3-4-6-9/h2,7-9H,3-6H2,1H3/b8-7+,10-2-. The predicted octanol–water partition coefficient (Wildman–Crippen LogP) is 2.78. The van der Waals surface area contributed by atoms with Crippen molar-refractivity contribution in [3.63, 3.8) is 0 Å². The van der Waals surface area contributed by atoms with E-state index in [0.717, 1.165) is 5.92 Å². The average molecular weight is 137 g/mol. The molecule has 0 saturated heterocycles. The lowest BCUT2D eigenvalue weighted by molar-refractivity contribution is 0.684. The van der Waals surface area contributed by atoms with Crippen molar-refractivity contribution in [2.24, 2.45) is 10.9 Å². The Morgan fingerprint density at radius 2 is 2.00 bits per heavy atom. The first-order valence-electron chi connectivity index (χ1n) is 4.08. The molecule has 0 aromatic carbocycles. The zero-order valence-corrected chi connectivity index (χ0v) is 6.59. The molecule has 0 N–H and O–H groups in total. The van der Waals surface area contributed by atoms with Crippen LogP contribution in [-0.2, 0) is 0 Å². The van der Waals surface area contributed by atoms with E-state index in [1.165, 1.54) is 25.7 Å². The quantitative estimate of drug-likeness (QED) is 0.519. The fourth-order valence-corrected chi connectivity index (χ4v) is 1.41. The Morgan fingerprint density at radius 1 is 1.30 bits per heavy atom. The van der Waals surface area contributed by atoms with Crippen LogP contribution in [0.2, 0.25) is 0 Å². The van der Waals surface area contributed by atoms with Gasteiger partial charge in [0.05, 0.1) is 0 Å². The Labute approximate surface area is 62.9 Å². The van der Waals surface area contributed by atoms with Gasteiger partial charge >= 0.3 is 0 Å². The number of hydrogen-bond donors (Lipinski definition) is 0. The molecule has 0 bridgehead atoms. The molecule has 0 atom stereocenters. The van der Waals surface area contributed by atoms with Gasteiger partial charge in [0, 0.05) is 12.4 Å². The third kappa shape index (κ3) is 2.34. The van der Waals surface area contributed by atoms with Crippen LogP contribution < -0.4 is 0 Å². The molecule has 0 spiro atoms. The summed E-state index contributed by atoms with van der Waals surface area (Å²) in [5, 5.41) is 0. The van der Waals surface area contributed by atoms with Crippen LogP contribution in [0.1, 0.15) is 32.6 Å². The first-order chi connectivity index (χ1) is 4.93. The van der Waals surface area contributed by atoms with Gasteiger partial charge in [-0.05, 0) is 25.7 Å². The molecule has 1 aliphatic rings. The highest BCUT2D eigenvalue weighted by Gasteiger charge is 2.10. The highest BCUT2D eigenvalue weighted by Crippen LogP contribution is 2.25. The summed E-state index contributed by atoms with van der Waals surface area (Å²) in [6.07, 6.45) is 11.5. The van der Waals surface area contributed by atoms with Crippen molar-refractivity contribution in [3.8, 4) is 0 Å². The number of hydrogen-bond acceptors (Lipinski definition) is 1. The Hall–Kier alpha value is -0.590. The van der Waals surface area contributed by atoms with Crippen LogP contribution in [-0.4, -0.2) is 6.21 Å². The zero-order chi connectivity index (χ0) is 7.23. The maximum Gasteiger partial charge on any atom is 0.0226 e. The third-order valence-electron chi connectivity index (χ3n) is 1.99. The summed E-state index contributed by atoms with van der Waals surface area (Å²) < 4.78 is 0. The lowest BCUT2D eigenvalue weighted by Gasteiger charge is -1.96. The summed E-state index contributed by atoms with van der Waals surface area (Å²) in [4.78, 5) is 4.03. The molecule has 0 aromatic heterocycles. The molecule has 10 heavy (non-hydrogen) atoms. The number of aliphatic imine (C=N–C) groups is 1. The van der Waals surface area contributed by atoms with Crippen molar-refractivity contribution in [2.75, 3.05) is 0 Å². The minimum Gasteiger partial charge on any atom is -0.270 e. The van der Waals surface area contributed by atoms with E-state index in [1.807, 2.05) is 19.3 Å². The Kier molecular flexibility index (Phi) is 3.20. The van der Waals surface area contributed by atoms with Gasteiger partial charge in [-0.15, -0.1) is 0 Å². The van der Waals surface area contributed by atoms with E-state index in [2.05, 4.69) is 11.1 Å². The third-order valence-corrected chi connectivity index (χ3v) is 1.99. The molecular formula is C9H15N. The van der Waals surface area contributed by atoms with Crippen molar-refractivity contribution in [2.45, 2.75) is 32.6 Å². The second-order valence-corrected chi connectivity index (χ2v) is 2.79. The van der Waals surface area contributed by atoms with E-state index in [0.29, 0.717) is 0 Å². The molecule has 0 radical (unpaired) electrons. The molecular weight excluding hydrogens is 122 g/mol. The van der Waals surface area contributed by atoms with Gasteiger partial charge < -0.3 is 0 Å². The van der Waals surface area contributed by atoms with Gasteiger partial charge in [0.2, 0.25) is 0 Å².